The summed E-state index contributed by atoms with van der Waals surface area (Å²) in [5.41, 5.74) is 6.96. The molecule has 26 heavy (non-hydrogen) atoms. The molecule has 2 atom stereocenters. The van der Waals surface area contributed by atoms with Gasteiger partial charge >= 0.3 is 0 Å². The lowest BCUT2D eigenvalue weighted by atomic mass is 9.99. The normalized spacial score (nSPS) is 23.3. The van der Waals surface area contributed by atoms with Gasteiger partial charge in [-0.2, -0.15) is 0 Å². The van der Waals surface area contributed by atoms with Gasteiger partial charge in [-0.25, -0.2) is 18.1 Å². The Morgan fingerprint density at radius 1 is 1.31 bits per heavy atom. The first kappa shape index (κ1) is 23.4. The van der Waals surface area contributed by atoms with Crippen LogP contribution < -0.4 is 10.5 Å². The summed E-state index contributed by atoms with van der Waals surface area (Å²) in [5.74, 6) is 1.87. The number of hydrogen-bond donors (Lipinski definition) is 2. The van der Waals surface area contributed by atoms with E-state index in [1.54, 1.807) is 6.20 Å². The Hall–Kier alpha value is -0.600. The molecule has 9 heteroatoms. The Kier molecular flexibility index (Phi) is 9.09. The van der Waals surface area contributed by atoms with Crippen LogP contribution in [-0.2, 0) is 16.6 Å². The lowest BCUT2D eigenvalue weighted by Crippen LogP contribution is -2.42. The molecule has 1 aromatic heterocycles. The molecule has 1 aliphatic carbocycles. The van der Waals surface area contributed by atoms with Gasteiger partial charge in [0.1, 0.15) is 5.82 Å². The fraction of sp³-hybridized carbons (Fsp3) is 0.706. The van der Waals surface area contributed by atoms with Crippen LogP contribution in [0, 0.1) is 11.8 Å². The van der Waals surface area contributed by atoms with Crippen LogP contribution in [-0.4, -0.2) is 43.2 Å². The zero-order valence-electron chi connectivity index (χ0n) is 15.1. The summed E-state index contributed by atoms with van der Waals surface area (Å²) in [5, 5.41) is 0. The van der Waals surface area contributed by atoms with E-state index in [0.29, 0.717) is 24.1 Å². The van der Waals surface area contributed by atoms with Crippen molar-refractivity contribution in [1.82, 2.24) is 14.6 Å². The van der Waals surface area contributed by atoms with Crippen LogP contribution in [0.3, 0.4) is 0 Å². The number of nitrogens with one attached hydrogen (secondary N) is 1. The standard InChI is InChI=1S/C17H28N4O2S.2ClH/c1-2-3-9-24(22,23)20-16-12-21(11-15(16)13-6-7-13)10-14-5-4-8-19-17(14)18;;/h4-5,8,13,15-16,20H,2-3,6-7,9-12H2,1H3,(H2,18,19);2*1H/t15-,16+;;/m1../s1. The van der Waals surface area contributed by atoms with Gasteiger partial charge in [0.25, 0.3) is 0 Å². The number of aromatic nitrogens is 1. The summed E-state index contributed by atoms with van der Waals surface area (Å²) in [6, 6.07) is 3.91. The molecule has 6 nitrogen and oxygen atoms in total. The molecular weight excluding hydrogens is 395 g/mol. The van der Waals surface area contributed by atoms with Gasteiger partial charge in [-0.3, -0.25) is 4.90 Å². The van der Waals surface area contributed by atoms with E-state index in [0.717, 1.165) is 31.6 Å². The summed E-state index contributed by atoms with van der Waals surface area (Å²) in [6.45, 7) is 4.43. The Labute approximate surface area is 169 Å². The largest absolute Gasteiger partial charge is 0.383 e. The monoisotopic (exact) mass is 424 g/mol. The van der Waals surface area contributed by atoms with Gasteiger partial charge < -0.3 is 5.73 Å². The summed E-state index contributed by atoms with van der Waals surface area (Å²) < 4.78 is 27.6. The van der Waals surface area contributed by atoms with Crippen LogP contribution in [0.25, 0.3) is 0 Å². The van der Waals surface area contributed by atoms with E-state index >= 15 is 0 Å². The molecule has 1 saturated carbocycles. The van der Waals surface area contributed by atoms with Gasteiger partial charge in [0.05, 0.1) is 5.75 Å². The molecule has 0 amide bonds. The van der Waals surface area contributed by atoms with Crippen molar-refractivity contribution in [3.63, 3.8) is 0 Å². The second kappa shape index (κ2) is 10.1. The van der Waals surface area contributed by atoms with Crippen LogP contribution in [0.15, 0.2) is 18.3 Å². The molecule has 0 radical (unpaired) electrons. The quantitative estimate of drug-likeness (QED) is 0.668. The highest BCUT2D eigenvalue weighted by Crippen LogP contribution is 2.42. The van der Waals surface area contributed by atoms with Gasteiger partial charge in [0, 0.05) is 37.4 Å². The zero-order chi connectivity index (χ0) is 17.2. The fourth-order valence-electron chi connectivity index (χ4n) is 3.62. The van der Waals surface area contributed by atoms with Crippen molar-refractivity contribution in [3.8, 4) is 0 Å². The maximum absolute atomic E-state index is 12.3. The summed E-state index contributed by atoms with van der Waals surface area (Å²) in [4.78, 5) is 6.45. The summed E-state index contributed by atoms with van der Waals surface area (Å²) >= 11 is 0. The number of hydrogen-bond acceptors (Lipinski definition) is 5. The molecule has 0 spiro atoms. The van der Waals surface area contributed by atoms with Crippen LogP contribution in [0.2, 0.25) is 0 Å². The molecule has 1 aliphatic heterocycles. The van der Waals surface area contributed by atoms with Gasteiger partial charge in [0.15, 0.2) is 0 Å². The first-order valence-corrected chi connectivity index (χ1v) is 10.6. The maximum atomic E-state index is 12.3. The zero-order valence-corrected chi connectivity index (χ0v) is 17.6. The highest BCUT2D eigenvalue weighted by Gasteiger charge is 2.43. The number of likely N-dealkylation sites (tertiary alicyclic amines) is 1. The van der Waals surface area contributed by atoms with Crippen molar-refractivity contribution in [3.05, 3.63) is 23.9 Å². The lowest BCUT2D eigenvalue weighted by Gasteiger charge is -2.19. The molecule has 1 aromatic rings. The second-order valence-electron chi connectivity index (χ2n) is 7.14. The number of unbranched alkanes of at least 4 members (excludes halogenated alkanes) is 1. The third kappa shape index (κ3) is 6.23. The van der Waals surface area contributed by atoms with Crippen LogP contribution >= 0.6 is 24.8 Å². The van der Waals surface area contributed by atoms with E-state index in [1.807, 2.05) is 19.1 Å². The number of sulfonamides is 1. The first-order valence-electron chi connectivity index (χ1n) is 8.90. The topological polar surface area (TPSA) is 88.3 Å². The van der Waals surface area contributed by atoms with Crippen LogP contribution in [0.4, 0.5) is 5.82 Å². The van der Waals surface area contributed by atoms with E-state index in [2.05, 4.69) is 14.6 Å². The Morgan fingerprint density at radius 3 is 2.65 bits per heavy atom. The lowest BCUT2D eigenvalue weighted by molar-refractivity contribution is 0.310. The van der Waals surface area contributed by atoms with E-state index in [4.69, 9.17) is 5.73 Å². The van der Waals surface area contributed by atoms with Crippen molar-refractivity contribution in [2.24, 2.45) is 11.8 Å². The highest BCUT2D eigenvalue weighted by molar-refractivity contribution is 7.89. The minimum absolute atomic E-state index is 0. The Morgan fingerprint density at radius 2 is 2.04 bits per heavy atom. The molecule has 150 valence electrons. The van der Waals surface area contributed by atoms with Crippen LogP contribution in [0.5, 0.6) is 0 Å². The second-order valence-corrected chi connectivity index (χ2v) is 9.01. The molecule has 0 bridgehead atoms. The SMILES string of the molecule is CCCCS(=O)(=O)N[C@H]1CN(Cc2cccnc2N)C[C@@H]1C1CC1.Cl.Cl. The highest BCUT2D eigenvalue weighted by atomic mass is 35.5. The summed E-state index contributed by atoms with van der Waals surface area (Å²) in [7, 11) is -3.18. The van der Waals surface area contributed by atoms with Crippen molar-refractivity contribution in [1.29, 1.82) is 0 Å². The minimum Gasteiger partial charge on any atom is -0.383 e. The molecule has 2 aliphatic rings. The Bertz CT molecular complexity index is 670. The van der Waals surface area contributed by atoms with Gasteiger partial charge in [-0.1, -0.05) is 19.4 Å². The number of pyridine rings is 1. The van der Waals surface area contributed by atoms with E-state index in [-0.39, 0.29) is 36.6 Å². The van der Waals surface area contributed by atoms with Gasteiger partial charge in [-0.05, 0) is 37.2 Å². The summed E-state index contributed by atoms with van der Waals surface area (Å²) in [6.07, 6.45) is 5.75. The fourth-order valence-corrected chi connectivity index (χ4v) is 5.12. The molecule has 2 fully saturated rings. The number of nitrogens with zero attached hydrogens (tertiary/aromatic N) is 2. The maximum Gasteiger partial charge on any atom is 0.211 e. The van der Waals surface area contributed by atoms with Crippen molar-refractivity contribution >= 4 is 40.7 Å². The smallest absolute Gasteiger partial charge is 0.211 e. The van der Waals surface area contributed by atoms with Gasteiger partial charge in [0.2, 0.25) is 10.0 Å². The molecule has 3 N–H and O–H groups in total. The Balaban J connectivity index is 0.00000169. The third-order valence-corrected chi connectivity index (χ3v) is 6.57. The number of rotatable bonds is 8. The van der Waals surface area contributed by atoms with Gasteiger partial charge in [-0.15, -0.1) is 24.8 Å². The molecule has 0 aromatic carbocycles. The number of nitrogens with two attached hydrogens (primary N) is 1. The van der Waals surface area contributed by atoms with E-state index in [1.165, 1.54) is 12.8 Å². The molecule has 1 saturated heterocycles. The number of anilines is 1. The van der Waals surface area contributed by atoms with E-state index < -0.39 is 10.0 Å². The first-order chi connectivity index (χ1) is 11.5. The predicted molar refractivity (Wildman–Crippen MR) is 110 cm³/mol. The minimum atomic E-state index is -3.18. The van der Waals surface area contributed by atoms with Crippen molar-refractivity contribution in [2.75, 3.05) is 24.6 Å². The number of halogens is 2. The molecule has 3 rings (SSSR count). The average Bonchev–Trinajstić information content (AvgIpc) is 3.31. The van der Waals surface area contributed by atoms with E-state index in [9.17, 15) is 8.42 Å². The third-order valence-electron chi connectivity index (χ3n) is 5.09. The number of nitrogen functional groups attached to an aromatic ring is 1. The molecule has 0 unspecified atom stereocenters. The predicted octanol–water partition coefficient (Wildman–Crippen LogP) is 2.44. The molecular formula is C17H30Cl2N4O2S. The van der Waals surface area contributed by atoms with Crippen molar-refractivity contribution < 1.29 is 8.42 Å². The van der Waals surface area contributed by atoms with Crippen LogP contribution in [0.1, 0.15) is 38.2 Å². The average molecular weight is 425 g/mol. The van der Waals surface area contributed by atoms with Crippen molar-refractivity contribution in [2.45, 2.75) is 45.2 Å². The molecule has 2 heterocycles.